The van der Waals surface area contributed by atoms with Gasteiger partial charge in [-0.2, -0.15) is 5.26 Å². The highest BCUT2D eigenvalue weighted by atomic mass is 16.5. The highest BCUT2D eigenvalue weighted by Crippen LogP contribution is 2.27. The van der Waals surface area contributed by atoms with E-state index in [1.54, 1.807) is 7.11 Å². The molecule has 3 heteroatoms. The lowest BCUT2D eigenvalue weighted by Crippen LogP contribution is -2.24. The van der Waals surface area contributed by atoms with E-state index in [-0.39, 0.29) is 5.41 Å². The quantitative estimate of drug-likeness (QED) is 0.564. The van der Waals surface area contributed by atoms with E-state index in [1.165, 1.54) is 0 Å². The summed E-state index contributed by atoms with van der Waals surface area (Å²) < 4.78 is 10.0. The van der Waals surface area contributed by atoms with Crippen molar-refractivity contribution in [1.82, 2.24) is 0 Å². The van der Waals surface area contributed by atoms with Crippen LogP contribution in [-0.4, -0.2) is 26.9 Å². The van der Waals surface area contributed by atoms with Crippen molar-refractivity contribution < 1.29 is 9.47 Å². The van der Waals surface area contributed by atoms with Crippen molar-refractivity contribution in [2.45, 2.75) is 6.42 Å². The van der Waals surface area contributed by atoms with E-state index >= 15 is 0 Å². The van der Waals surface area contributed by atoms with Crippen molar-refractivity contribution in [1.29, 1.82) is 5.26 Å². The SMILES string of the molecule is COCC1(C#N)CCOC1. The minimum atomic E-state index is -0.352. The lowest BCUT2D eigenvalue weighted by atomic mass is 9.91. The van der Waals surface area contributed by atoms with Crippen LogP contribution in [0.2, 0.25) is 0 Å². The van der Waals surface area contributed by atoms with Gasteiger partial charge in [0, 0.05) is 13.7 Å². The summed E-state index contributed by atoms with van der Waals surface area (Å²) >= 11 is 0. The van der Waals surface area contributed by atoms with Crippen LogP contribution in [0.1, 0.15) is 6.42 Å². The molecule has 0 amide bonds. The third-order valence-electron chi connectivity index (χ3n) is 1.76. The lowest BCUT2D eigenvalue weighted by molar-refractivity contribution is 0.0960. The fourth-order valence-electron chi connectivity index (χ4n) is 1.12. The van der Waals surface area contributed by atoms with Crippen LogP contribution in [0.5, 0.6) is 0 Å². The summed E-state index contributed by atoms with van der Waals surface area (Å²) in [5.41, 5.74) is -0.352. The second-order valence-corrected chi connectivity index (χ2v) is 2.63. The minimum Gasteiger partial charge on any atom is -0.383 e. The Labute approximate surface area is 60.5 Å². The molecule has 1 atom stereocenters. The van der Waals surface area contributed by atoms with Crippen LogP contribution in [0.4, 0.5) is 0 Å². The van der Waals surface area contributed by atoms with Crippen LogP contribution >= 0.6 is 0 Å². The maximum atomic E-state index is 8.74. The molecular weight excluding hydrogens is 130 g/mol. The number of methoxy groups -OCH3 is 1. The van der Waals surface area contributed by atoms with Crippen molar-refractivity contribution in [3.05, 3.63) is 0 Å². The smallest absolute Gasteiger partial charge is 0.106 e. The monoisotopic (exact) mass is 141 g/mol. The molecular formula is C7H11NO2. The first kappa shape index (κ1) is 7.52. The fraction of sp³-hybridized carbons (Fsp3) is 0.857. The number of nitrogens with zero attached hydrogens (tertiary/aromatic N) is 1. The molecule has 0 aliphatic carbocycles. The molecule has 0 radical (unpaired) electrons. The van der Waals surface area contributed by atoms with E-state index in [0.29, 0.717) is 19.8 Å². The van der Waals surface area contributed by atoms with Crippen molar-refractivity contribution in [3.8, 4) is 6.07 Å². The Balaban J connectivity index is 2.51. The largest absolute Gasteiger partial charge is 0.383 e. The van der Waals surface area contributed by atoms with E-state index in [2.05, 4.69) is 6.07 Å². The van der Waals surface area contributed by atoms with Gasteiger partial charge in [0.1, 0.15) is 5.41 Å². The maximum absolute atomic E-state index is 8.74. The van der Waals surface area contributed by atoms with Gasteiger partial charge in [0.2, 0.25) is 0 Å². The van der Waals surface area contributed by atoms with Gasteiger partial charge in [-0.15, -0.1) is 0 Å². The molecule has 1 heterocycles. The van der Waals surface area contributed by atoms with Crippen molar-refractivity contribution >= 4 is 0 Å². The molecule has 1 aliphatic rings. The summed E-state index contributed by atoms with van der Waals surface area (Å²) in [7, 11) is 1.61. The first-order valence-electron chi connectivity index (χ1n) is 3.31. The zero-order valence-electron chi connectivity index (χ0n) is 6.09. The molecule has 1 aliphatic heterocycles. The first-order valence-corrected chi connectivity index (χ1v) is 3.31. The number of ether oxygens (including phenoxy) is 2. The van der Waals surface area contributed by atoms with Gasteiger partial charge in [0.05, 0.1) is 19.3 Å². The number of rotatable bonds is 2. The van der Waals surface area contributed by atoms with Crippen molar-refractivity contribution in [2.75, 3.05) is 26.9 Å². The Morgan fingerprint density at radius 2 is 2.60 bits per heavy atom. The maximum Gasteiger partial charge on any atom is 0.106 e. The summed E-state index contributed by atoms with van der Waals surface area (Å²) in [6.07, 6.45) is 0.803. The van der Waals surface area contributed by atoms with Crippen molar-refractivity contribution in [3.63, 3.8) is 0 Å². The summed E-state index contributed by atoms with van der Waals surface area (Å²) in [5, 5.41) is 8.74. The van der Waals surface area contributed by atoms with Gasteiger partial charge in [-0.05, 0) is 6.42 Å². The summed E-state index contributed by atoms with van der Waals surface area (Å²) in [6.45, 7) is 1.71. The Bertz CT molecular complexity index is 144. The van der Waals surface area contributed by atoms with Crippen LogP contribution in [0, 0.1) is 16.7 Å². The van der Waals surface area contributed by atoms with E-state index in [4.69, 9.17) is 14.7 Å². The first-order chi connectivity index (χ1) is 4.83. The van der Waals surface area contributed by atoms with Crippen LogP contribution in [0.15, 0.2) is 0 Å². The third kappa shape index (κ3) is 1.28. The highest BCUT2D eigenvalue weighted by molar-refractivity contribution is 5.01. The fourth-order valence-corrected chi connectivity index (χ4v) is 1.12. The van der Waals surface area contributed by atoms with Gasteiger partial charge in [-0.25, -0.2) is 0 Å². The van der Waals surface area contributed by atoms with Crippen molar-refractivity contribution in [2.24, 2.45) is 5.41 Å². The van der Waals surface area contributed by atoms with E-state index < -0.39 is 0 Å². The van der Waals surface area contributed by atoms with E-state index in [0.717, 1.165) is 6.42 Å². The third-order valence-corrected chi connectivity index (χ3v) is 1.76. The molecule has 56 valence electrons. The molecule has 0 aromatic rings. The molecule has 1 fully saturated rings. The van der Waals surface area contributed by atoms with Crippen LogP contribution in [0.25, 0.3) is 0 Å². The zero-order valence-corrected chi connectivity index (χ0v) is 6.09. The van der Waals surface area contributed by atoms with E-state index in [1.807, 2.05) is 0 Å². The predicted octanol–water partition coefficient (Wildman–Crippen LogP) is 0.563. The van der Waals surface area contributed by atoms with Gasteiger partial charge < -0.3 is 9.47 Å². The molecule has 0 aromatic heterocycles. The topological polar surface area (TPSA) is 42.2 Å². The minimum absolute atomic E-state index is 0.352. The second kappa shape index (κ2) is 3.00. The Hall–Kier alpha value is -0.590. The molecule has 1 rings (SSSR count). The molecule has 0 N–H and O–H groups in total. The van der Waals surface area contributed by atoms with Gasteiger partial charge in [-0.1, -0.05) is 0 Å². The molecule has 1 saturated heterocycles. The molecule has 0 saturated carbocycles. The molecule has 10 heavy (non-hydrogen) atoms. The summed E-state index contributed by atoms with van der Waals surface area (Å²) in [5.74, 6) is 0. The summed E-state index contributed by atoms with van der Waals surface area (Å²) in [4.78, 5) is 0. The standard InChI is InChI=1S/C7H11NO2/c1-9-5-7(4-8)2-3-10-6-7/h2-3,5-6H2,1H3. The van der Waals surface area contributed by atoms with Gasteiger partial charge >= 0.3 is 0 Å². The van der Waals surface area contributed by atoms with Gasteiger partial charge in [0.15, 0.2) is 0 Å². The normalized spacial score (nSPS) is 32.0. The molecule has 1 unspecified atom stereocenters. The predicted molar refractivity (Wildman–Crippen MR) is 35.4 cm³/mol. The summed E-state index contributed by atoms with van der Waals surface area (Å²) in [6, 6.07) is 2.23. The molecule has 0 spiro atoms. The molecule has 0 bridgehead atoms. The average molecular weight is 141 g/mol. The molecule has 0 aromatic carbocycles. The van der Waals surface area contributed by atoms with Crippen LogP contribution in [-0.2, 0) is 9.47 Å². The van der Waals surface area contributed by atoms with Crippen LogP contribution < -0.4 is 0 Å². The Kier molecular flexibility index (Phi) is 2.25. The average Bonchev–Trinajstić information content (AvgIpc) is 2.39. The number of hydrogen-bond donors (Lipinski definition) is 0. The number of hydrogen-bond acceptors (Lipinski definition) is 3. The Morgan fingerprint density at radius 1 is 1.80 bits per heavy atom. The highest BCUT2D eigenvalue weighted by Gasteiger charge is 2.34. The Morgan fingerprint density at radius 3 is 3.00 bits per heavy atom. The van der Waals surface area contributed by atoms with Gasteiger partial charge in [-0.3, -0.25) is 0 Å². The zero-order chi connectivity index (χ0) is 7.45. The second-order valence-electron chi connectivity index (χ2n) is 2.63. The van der Waals surface area contributed by atoms with Crippen LogP contribution in [0.3, 0.4) is 0 Å². The lowest BCUT2D eigenvalue weighted by Gasteiger charge is -2.15. The molecule has 3 nitrogen and oxygen atoms in total. The number of nitriles is 1. The van der Waals surface area contributed by atoms with Gasteiger partial charge in [0.25, 0.3) is 0 Å². The van der Waals surface area contributed by atoms with E-state index in [9.17, 15) is 0 Å².